The van der Waals surface area contributed by atoms with Gasteiger partial charge >= 0.3 is 11.9 Å². The predicted molar refractivity (Wildman–Crippen MR) is 73.0 cm³/mol. The number of nitrogens with one attached hydrogen (secondary N) is 1. The number of rotatable bonds is 4. The maximum atomic E-state index is 11.0. The molecular formula is C13H15NO9. The van der Waals surface area contributed by atoms with Gasteiger partial charge < -0.3 is 40.7 Å². The highest BCUT2D eigenvalue weighted by molar-refractivity contribution is 5.92. The van der Waals surface area contributed by atoms with Crippen LogP contribution in [0.25, 0.3) is 0 Å². The van der Waals surface area contributed by atoms with Crippen molar-refractivity contribution >= 4 is 17.6 Å². The SMILES string of the molecule is O=C(O)c1cc(NC2OC(C(=O)O)C(O)C(O)C2O)ccc1O. The monoisotopic (exact) mass is 329 g/mol. The summed E-state index contributed by atoms with van der Waals surface area (Å²) in [6, 6.07) is 3.40. The van der Waals surface area contributed by atoms with Gasteiger partial charge in [-0.3, -0.25) is 0 Å². The number of aromatic hydroxyl groups is 1. The molecule has 5 atom stereocenters. The van der Waals surface area contributed by atoms with Gasteiger partial charge in [-0.05, 0) is 18.2 Å². The maximum absolute atomic E-state index is 11.0. The average molecular weight is 329 g/mol. The van der Waals surface area contributed by atoms with Crippen LogP contribution in [0.5, 0.6) is 5.75 Å². The number of carboxylic acids is 2. The molecule has 0 bridgehead atoms. The van der Waals surface area contributed by atoms with Gasteiger partial charge in [0.05, 0.1) is 0 Å². The molecule has 1 heterocycles. The minimum Gasteiger partial charge on any atom is -0.507 e. The number of aliphatic carboxylic acids is 1. The Balaban J connectivity index is 2.23. The number of phenols is 1. The second kappa shape index (κ2) is 6.38. The molecule has 10 nitrogen and oxygen atoms in total. The molecule has 1 aliphatic rings. The fraction of sp³-hybridized carbons (Fsp3) is 0.385. The molecule has 0 saturated carbocycles. The number of carboxylic acid groups (broad SMARTS) is 2. The quantitative estimate of drug-likeness (QED) is 0.318. The topological polar surface area (TPSA) is 177 Å². The van der Waals surface area contributed by atoms with E-state index in [1.54, 1.807) is 0 Å². The number of aliphatic hydroxyl groups is 3. The van der Waals surface area contributed by atoms with E-state index in [-0.39, 0.29) is 5.69 Å². The van der Waals surface area contributed by atoms with Gasteiger partial charge in [-0.25, -0.2) is 9.59 Å². The summed E-state index contributed by atoms with van der Waals surface area (Å²) in [6.07, 6.45) is -8.46. The zero-order chi connectivity index (χ0) is 17.3. The summed E-state index contributed by atoms with van der Waals surface area (Å²) >= 11 is 0. The molecule has 0 amide bonds. The van der Waals surface area contributed by atoms with Crippen LogP contribution in [0, 0.1) is 0 Å². The van der Waals surface area contributed by atoms with Crippen LogP contribution >= 0.6 is 0 Å². The largest absolute Gasteiger partial charge is 0.507 e. The summed E-state index contributed by atoms with van der Waals surface area (Å²) in [5.74, 6) is -3.41. The summed E-state index contributed by atoms with van der Waals surface area (Å²) < 4.78 is 5.00. The Morgan fingerprint density at radius 1 is 1.04 bits per heavy atom. The van der Waals surface area contributed by atoms with Gasteiger partial charge in [0.15, 0.2) is 12.3 Å². The van der Waals surface area contributed by atoms with Crippen molar-refractivity contribution in [2.45, 2.75) is 30.6 Å². The summed E-state index contributed by atoms with van der Waals surface area (Å²) in [5.41, 5.74) is -0.326. The van der Waals surface area contributed by atoms with Crippen molar-refractivity contribution in [3.05, 3.63) is 23.8 Å². The van der Waals surface area contributed by atoms with E-state index < -0.39 is 53.9 Å². The van der Waals surface area contributed by atoms with Crippen LogP contribution < -0.4 is 5.32 Å². The van der Waals surface area contributed by atoms with Crippen molar-refractivity contribution in [3.8, 4) is 5.75 Å². The van der Waals surface area contributed by atoms with E-state index in [9.17, 15) is 30.0 Å². The summed E-state index contributed by atoms with van der Waals surface area (Å²) in [4.78, 5) is 21.9. The molecule has 0 aliphatic carbocycles. The molecule has 23 heavy (non-hydrogen) atoms. The van der Waals surface area contributed by atoms with E-state index in [4.69, 9.17) is 14.9 Å². The fourth-order valence-electron chi connectivity index (χ4n) is 2.16. The number of aromatic carboxylic acids is 1. The summed E-state index contributed by atoms with van der Waals surface area (Å²) in [7, 11) is 0. The molecule has 5 unspecified atom stereocenters. The third-order valence-corrected chi connectivity index (χ3v) is 3.39. The zero-order valence-electron chi connectivity index (χ0n) is 11.5. The fourth-order valence-corrected chi connectivity index (χ4v) is 2.16. The lowest BCUT2D eigenvalue weighted by Gasteiger charge is -2.39. The maximum Gasteiger partial charge on any atom is 0.339 e. The highest BCUT2D eigenvalue weighted by Gasteiger charge is 2.46. The van der Waals surface area contributed by atoms with Gasteiger partial charge in [0.25, 0.3) is 0 Å². The first-order valence-electron chi connectivity index (χ1n) is 6.47. The molecule has 1 aromatic rings. The number of aliphatic hydroxyl groups excluding tert-OH is 3. The Kier molecular flexibility index (Phi) is 4.71. The second-order valence-corrected chi connectivity index (χ2v) is 4.97. The third-order valence-electron chi connectivity index (χ3n) is 3.39. The minimum absolute atomic E-state index is 0.0944. The van der Waals surface area contributed by atoms with Crippen LogP contribution in [0.2, 0.25) is 0 Å². The number of carbonyl (C=O) groups is 2. The predicted octanol–water partition coefficient (Wildman–Crippen LogP) is -1.61. The number of anilines is 1. The van der Waals surface area contributed by atoms with Gasteiger partial charge in [-0.15, -0.1) is 0 Å². The van der Waals surface area contributed by atoms with Crippen molar-refractivity contribution in [3.63, 3.8) is 0 Å². The molecular weight excluding hydrogens is 314 g/mol. The minimum atomic E-state index is -1.82. The van der Waals surface area contributed by atoms with Gasteiger partial charge in [0, 0.05) is 5.69 Å². The third kappa shape index (κ3) is 3.35. The van der Waals surface area contributed by atoms with Crippen LogP contribution in [0.1, 0.15) is 10.4 Å². The number of hydrogen-bond acceptors (Lipinski definition) is 8. The van der Waals surface area contributed by atoms with Crippen molar-refractivity contribution in [2.75, 3.05) is 5.32 Å². The first-order chi connectivity index (χ1) is 10.7. The Morgan fingerprint density at radius 2 is 1.70 bits per heavy atom. The Labute approximate surface area is 129 Å². The summed E-state index contributed by atoms with van der Waals surface area (Å²) in [6.45, 7) is 0. The molecule has 10 heteroatoms. The average Bonchev–Trinajstić information content (AvgIpc) is 2.49. The van der Waals surface area contributed by atoms with Crippen molar-refractivity contribution in [2.24, 2.45) is 0 Å². The Hall–Kier alpha value is -2.40. The van der Waals surface area contributed by atoms with E-state index in [0.29, 0.717) is 0 Å². The number of hydrogen-bond donors (Lipinski definition) is 7. The lowest BCUT2D eigenvalue weighted by Crippen LogP contribution is -2.61. The zero-order valence-corrected chi connectivity index (χ0v) is 11.5. The first kappa shape index (κ1) is 17.0. The van der Waals surface area contributed by atoms with Crippen LogP contribution in [0.4, 0.5) is 5.69 Å². The molecule has 0 spiro atoms. The molecule has 1 aliphatic heterocycles. The lowest BCUT2D eigenvalue weighted by molar-refractivity contribution is -0.221. The van der Waals surface area contributed by atoms with Crippen LogP contribution in [0.15, 0.2) is 18.2 Å². The van der Waals surface area contributed by atoms with Gasteiger partial charge in [0.1, 0.15) is 29.6 Å². The molecule has 7 N–H and O–H groups in total. The standard InChI is InChI=1S/C13H15NO9/c15-6-2-1-4(3-5(6)12(19)20)14-11-9(18)7(16)8(17)10(23-11)13(21)22/h1-3,7-11,14-18H,(H,19,20)(H,21,22). The molecule has 126 valence electrons. The smallest absolute Gasteiger partial charge is 0.339 e. The Morgan fingerprint density at radius 3 is 2.26 bits per heavy atom. The lowest BCUT2D eigenvalue weighted by atomic mass is 9.98. The number of ether oxygens (including phenoxy) is 1. The molecule has 2 rings (SSSR count). The van der Waals surface area contributed by atoms with Gasteiger partial charge in [-0.1, -0.05) is 0 Å². The Bertz CT molecular complexity index is 619. The van der Waals surface area contributed by atoms with Gasteiger partial charge in [-0.2, -0.15) is 0 Å². The van der Waals surface area contributed by atoms with E-state index in [1.807, 2.05) is 0 Å². The van der Waals surface area contributed by atoms with Crippen LogP contribution in [0.3, 0.4) is 0 Å². The van der Waals surface area contributed by atoms with E-state index in [2.05, 4.69) is 5.32 Å². The highest BCUT2D eigenvalue weighted by atomic mass is 16.6. The second-order valence-electron chi connectivity index (χ2n) is 4.97. The van der Waals surface area contributed by atoms with Crippen molar-refractivity contribution in [1.82, 2.24) is 0 Å². The van der Waals surface area contributed by atoms with Crippen LogP contribution in [-0.4, -0.2) is 73.2 Å². The van der Waals surface area contributed by atoms with Gasteiger partial charge in [0.2, 0.25) is 0 Å². The van der Waals surface area contributed by atoms with Crippen LogP contribution in [-0.2, 0) is 9.53 Å². The first-order valence-corrected chi connectivity index (χ1v) is 6.47. The normalized spacial score (nSPS) is 30.7. The van der Waals surface area contributed by atoms with E-state index >= 15 is 0 Å². The molecule has 1 fully saturated rings. The molecule has 1 aromatic carbocycles. The molecule has 0 radical (unpaired) electrons. The van der Waals surface area contributed by atoms with Crippen molar-refractivity contribution < 1.29 is 45.0 Å². The van der Waals surface area contributed by atoms with E-state index in [0.717, 1.165) is 12.1 Å². The highest BCUT2D eigenvalue weighted by Crippen LogP contribution is 2.26. The van der Waals surface area contributed by atoms with E-state index in [1.165, 1.54) is 6.07 Å². The number of benzene rings is 1. The molecule has 0 aromatic heterocycles. The van der Waals surface area contributed by atoms with Crippen molar-refractivity contribution in [1.29, 1.82) is 0 Å². The summed E-state index contributed by atoms with van der Waals surface area (Å²) in [5, 5.41) is 58.9. The molecule has 1 saturated heterocycles.